The fourth-order valence-electron chi connectivity index (χ4n) is 2.06. The van der Waals surface area contributed by atoms with Crippen LogP contribution in [0.3, 0.4) is 0 Å². The molecule has 0 aromatic heterocycles. The van der Waals surface area contributed by atoms with Crippen molar-refractivity contribution in [2.24, 2.45) is 0 Å². The summed E-state index contributed by atoms with van der Waals surface area (Å²) in [7, 11) is 0. The topological polar surface area (TPSA) is 49.3 Å². The van der Waals surface area contributed by atoms with Gasteiger partial charge in [0.25, 0.3) is 5.91 Å². The van der Waals surface area contributed by atoms with E-state index in [-0.39, 0.29) is 5.91 Å². The van der Waals surface area contributed by atoms with Crippen molar-refractivity contribution in [3.63, 3.8) is 0 Å². The Kier molecular flexibility index (Phi) is 1.58. The molecule has 0 radical (unpaired) electrons. The molecule has 1 atom stereocenters. The number of hydrogen-bond donors (Lipinski definition) is 2. The van der Waals surface area contributed by atoms with Crippen LogP contribution in [0.5, 0.6) is 0 Å². The fraction of sp³-hybridized carbons (Fsp3) is 0.0833. The van der Waals surface area contributed by atoms with Crippen LogP contribution in [0.25, 0.3) is 10.8 Å². The number of carbonyl (C=O) groups excluding carboxylic acids is 1. The molecule has 15 heavy (non-hydrogen) atoms. The van der Waals surface area contributed by atoms with E-state index < -0.39 is 6.23 Å². The zero-order valence-corrected chi connectivity index (χ0v) is 7.90. The van der Waals surface area contributed by atoms with E-state index in [1.165, 1.54) is 0 Å². The van der Waals surface area contributed by atoms with Crippen molar-refractivity contribution in [1.29, 1.82) is 0 Å². The van der Waals surface area contributed by atoms with Crippen LogP contribution < -0.4 is 5.32 Å². The zero-order chi connectivity index (χ0) is 10.4. The van der Waals surface area contributed by atoms with Crippen LogP contribution >= 0.6 is 0 Å². The molecule has 1 unspecified atom stereocenters. The fourth-order valence-corrected chi connectivity index (χ4v) is 2.06. The molecule has 0 aliphatic carbocycles. The second-order valence-corrected chi connectivity index (χ2v) is 3.62. The van der Waals surface area contributed by atoms with Crippen LogP contribution in [0, 0.1) is 0 Å². The lowest BCUT2D eigenvalue weighted by molar-refractivity contribution is 0.0852. The Morgan fingerprint density at radius 3 is 2.80 bits per heavy atom. The number of hydrogen-bond acceptors (Lipinski definition) is 2. The molecule has 1 aliphatic rings. The van der Waals surface area contributed by atoms with E-state index in [4.69, 9.17) is 0 Å². The molecule has 0 saturated carbocycles. The molecule has 2 aromatic rings. The lowest BCUT2D eigenvalue weighted by atomic mass is 10.0. The van der Waals surface area contributed by atoms with Gasteiger partial charge in [-0.3, -0.25) is 4.79 Å². The van der Waals surface area contributed by atoms with E-state index in [9.17, 15) is 9.90 Å². The third-order valence-electron chi connectivity index (χ3n) is 2.76. The molecule has 1 heterocycles. The van der Waals surface area contributed by atoms with E-state index in [0.717, 1.165) is 10.8 Å². The van der Waals surface area contributed by atoms with Crippen molar-refractivity contribution in [3.05, 3.63) is 47.5 Å². The number of amides is 1. The molecule has 1 aliphatic heterocycles. The Balaban J connectivity index is 2.44. The maximum Gasteiger partial charge on any atom is 0.254 e. The van der Waals surface area contributed by atoms with Crippen molar-refractivity contribution in [2.75, 3.05) is 0 Å². The summed E-state index contributed by atoms with van der Waals surface area (Å²) >= 11 is 0. The molecule has 3 nitrogen and oxygen atoms in total. The molecule has 74 valence electrons. The van der Waals surface area contributed by atoms with Crippen molar-refractivity contribution >= 4 is 16.7 Å². The van der Waals surface area contributed by atoms with Crippen LogP contribution in [-0.2, 0) is 0 Å². The number of carbonyl (C=O) groups is 1. The van der Waals surface area contributed by atoms with E-state index >= 15 is 0 Å². The van der Waals surface area contributed by atoms with Gasteiger partial charge in [0, 0.05) is 11.1 Å². The minimum Gasteiger partial charge on any atom is -0.369 e. The highest BCUT2D eigenvalue weighted by Crippen LogP contribution is 2.30. The number of aliphatic hydroxyl groups is 1. The van der Waals surface area contributed by atoms with Gasteiger partial charge in [-0.05, 0) is 16.8 Å². The lowest BCUT2D eigenvalue weighted by Gasteiger charge is -2.06. The van der Waals surface area contributed by atoms with Gasteiger partial charge in [-0.15, -0.1) is 0 Å². The van der Waals surface area contributed by atoms with Gasteiger partial charge in [0.1, 0.15) is 0 Å². The first-order valence-electron chi connectivity index (χ1n) is 4.78. The number of nitrogens with one attached hydrogen (secondary N) is 1. The molecule has 2 aromatic carbocycles. The first kappa shape index (κ1) is 8.44. The molecule has 0 spiro atoms. The van der Waals surface area contributed by atoms with Gasteiger partial charge in [-0.2, -0.15) is 0 Å². The highest BCUT2D eigenvalue weighted by molar-refractivity contribution is 6.04. The number of fused-ring (bicyclic) bond motifs is 3. The third-order valence-corrected chi connectivity index (χ3v) is 2.76. The lowest BCUT2D eigenvalue weighted by Crippen LogP contribution is -2.18. The van der Waals surface area contributed by atoms with E-state index in [0.29, 0.717) is 11.1 Å². The summed E-state index contributed by atoms with van der Waals surface area (Å²) in [5.74, 6) is -0.205. The van der Waals surface area contributed by atoms with Gasteiger partial charge in [0.15, 0.2) is 6.23 Å². The summed E-state index contributed by atoms with van der Waals surface area (Å²) in [6, 6.07) is 11.4. The molecular formula is C12H9NO2. The van der Waals surface area contributed by atoms with Gasteiger partial charge < -0.3 is 10.4 Å². The Hall–Kier alpha value is -1.87. The molecular weight excluding hydrogens is 190 g/mol. The Labute approximate surface area is 86.3 Å². The highest BCUT2D eigenvalue weighted by atomic mass is 16.3. The standard InChI is InChI=1S/C12H9NO2/c14-11-9-6-5-7-3-1-2-4-8(7)10(9)12(15)13-11/h1-6,12,15H,(H,13,14). The first-order chi connectivity index (χ1) is 7.27. The van der Waals surface area contributed by atoms with Crippen molar-refractivity contribution in [3.8, 4) is 0 Å². The Morgan fingerprint density at radius 2 is 1.93 bits per heavy atom. The maximum absolute atomic E-state index is 11.4. The number of benzene rings is 2. The van der Waals surface area contributed by atoms with Crippen LogP contribution in [0.15, 0.2) is 36.4 Å². The summed E-state index contributed by atoms with van der Waals surface area (Å²) in [4.78, 5) is 11.4. The summed E-state index contributed by atoms with van der Waals surface area (Å²) in [6.07, 6.45) is -0.876. The van der Waals surface area contributed by atoms with E-state index in [2.05, 4.69) is 5.32 Å². The zero-order valence-electron chi connectivity index (χ0n) is 7.90. The maximum atomic E-state index is 11.4. The SMILES string of the molecule is O=C1NC(O)c2c1ccc1ccccc21. The van der Waals surface area contributed by atoms with Crippen LogP contribution in [0.2, 0.25) is 0 Å². The van der Waals surface area contributed by atoms with Gasteiger partial charge >= 0.3 is 0 Å². The van der Waals surface area contributed by atoms with Crippen molar-refractivity contribution < 1.29 is 9.90 Å². The monoisotopic (exact) mass is 199 g/mol. The van der Waals surface area contributed by atoms with Gasteiger partial charge in [-0.25, -0.2) is 0 Å². The highest BCUT2D eigenvalue weighted by Gasteiger charge is 2.28. The quantitative estimate of drug-likeness (QED) is 0.676. The van der Waals surface area contributed by atoms with E-state index in [1.54, 1.807) is 6.07 Å². The second kappa shape index (κ2) is 2.81. The molecule has 0 bridgehead atoms. The van der Waals surface area contributed by atoms with E-state index in [1.807, 2.05) is 30.3 Å². The molecule has 3 heteroatoms. The Bertz CT molecular complexity index is 563. The largest absolute Gasteiger partial charge is 0.369 e. The molecule has 2 N–H and O–H groups in total. The normalized spacial score (nSPS) is 19.0. The summed E-state index contributed by atoms with van der Waals surface area (Å²) in [5, 5.41) is 14.2. The summed E-state index contributed by atoms with van der Waals surface area (Å²) in [5.41, 5.74) is 1.26. The number of aliphatic hydroxyl groups excluding tert-OH is 1. The van der Waals surface area contributed by atoms with Gasteiger partial charge in [0.2, 0.25) is 0 Å². The van der Waals surface area contributed by atoms with Gasteiger partial charge in [0.05, 0.1) is 0 Å². The second-order valence-electron chi connectivity index (χ2n) is 3.62. The molecule has 0 saturated heterocycles. The van der Waals surface area contributed by atoms with Crippen molar-refractivity contribution in [1.82, 2.24) is 5.32 Å². The average molecular weight is 199 g/mol. The smallest absolute Gasteiger partial charge is 0.254 e. The summed E-state index contributed by atoms with van der Waals surface area (Å²) < 4.78 is 0. The minimum absolute atomic E-state index is 0.205. The summed E-state index contributed by atoms with van der Waals surface area (Å²) in [6.45, 7) is 0. The molecule has 3 rings (SSSR count). The first-order valence-corrected chi connectivity index (χ1v) is 4.78. The predicted molar refractivity (Wildman–Crippen MR) is 56.4 cm³/mol. The Morgan fingerprint density at radius 1 is 1.13 bits per heavy atom. The molecule has 1 amide bonds. The van der Waals surface area contributed by atoms with Crippen molar-refractivity contribution in [2.45, 2.75) is 6.23 Å². The number of rotatable bonds is 0. The van der Waals surface area contributed by atoms with Crippen LogP contribution in [-0.4, -0.2) is 11.0 Å². The predicted octanol–water partition coefficient (Wildman–Crippen LogP) is 1.57. The third kappa shape index (κ3) is 1.07. The van der Waals surface area contributed by atoms with Gasteiger partial charge in [-0.1, -0.05) is 30.3 Å². The molecule has 0 fully saturated rings. The van der Waals surface area contributed by atoms with Crippen LogP contribution in [0.1, 0.15) is 22.1 Å². The minimum atomic E-state index is -0.876. The average Bonchev–Trinajstić information content (AvgIpc) is 2.55. The van der Waals surface area contributed by atoms with Crippen LogP contribution in [0.4, 0.5) is 0 Å².